The number of amides is 2. The molecule has 2 saturated heterocycles. The first-order valence-corrected chi connectivity index (χ1v) is 11.1. The molecule has 0 aromatic heterocycles. The fourth-order valence-corrected chi connectivity index (χ4v) is 4.65. The maximum atomic E-state index is 13.4. The molecule has 0 spiro atoms. The second-order valence-electron chi connectivity index (χ2n) is 8.61. The molecule has 4 rings (SSSR count). The molecule has 2 atom stereocenters. The van der Waals surface area contributed by atoms with E-state index < -0.39 is 6.10 Å². The molecule has 2 heterocycles. The molecule has 3 fully saturated rings. The van der Waals surface area contributed by atoms with Crippen LogP contribution in [-0.2, 0) is 14.3 Å². The number of carbonyl (C=O) groups is 2. The Labute approximate surface area is 173 Å². The lowest BCUT2D eigenvalue weighted by atomic mass is 9.96. The van der Waals surface area contributed by atoms with Crippen molar-refractivity contribution in [2.45, 2.75) is 56.7 Å². The number of ether oxygens (including phenoxy) is 1. The maximum Gasteiger partial charge on any atom is 0.253 e. The van der Waals surface area contributed by atoms with E-state index in [2.05, 4.69) is 17.0 Å². The molecule has 29 heavy (non-hydrogen) atoms. The predicted molar refractivity (Wildman–Crippen MR) is 111 cm³/mol. The number of morpholine rings is 1. The SMILES string of the molecule is CN(CC(=O)N1CCCCCC1)C(=O)[C@@H]1OCCN(C2CC2)[C@H]1c1ccccc1. The van der Waals surface area contributed by atoms with E-state index in [0.717, 1.165) is 38.0 Å². The van der Waals surface area contributed by atoms with Crippen LogP contribution in [0.3, 0.4) is 0 Å². The summed E-state index contributed by atoms with van der Waals surface area (Å²) >= 11 is 0. The quantitative estimate of drug-likeness (QED) is 0.763. The molecule has 158 valence electrons. The molecule has 1 aromatic rings. The topological polar surface area (TPSA) is 53.1 Å². The van der Waals surface area contributed by atoms with Gasteiger partial charge in [0.15, 0.2) is 6.10 Å². The van der Waals surface area contributed by atoms with Crippen molar-refractivity contribution in [3.63, 3.8) is 0 Å². The highest BCUT2D eigenvalue weighted by atomic mass is 16.5. The average molecular weight is 400 g/mol. The van der Waals surface area contributed by atoms with Gasteiger partial charge in [-0.3, -0.25) is 14.5 Å². The molecule has 3 aliphatic rings. The Morgan fingerprint density at radius 3 is 2.38 bits per heavy atom. The van der Waals surface area contributed by atoms with Crippen LogP contribution in [0.25, 0.3) is 0 Å². The Balaban J connectivity index is 1.47. The molecule has 0 N–H and O–H groups in total. The van der Waals surface area contributed by atoms with Crippen LogP contribution in [0.1, 0.15) is 50.1 Å². The van der Waals surface area contributed by atoms with Crippen LogP contribution in [0.15, 0.2) is 30.3 Å². The number of likely N-dealkylation sites (tertiary alicyclic amines) is 1. The predicted octanol–water partition coefficient (Wildman–Crippen LogP) is 2.45. The summed E-state index contributed by atoms with van der Waals surface area (Å²) in [4.78, 5) is 32.1. The molecule has 6 heteroatoms. The van der Waals surface area contributed by atoms with Crippen LogP contribution in [-0.4, -0.2) is 78.5 Å². The van der Waals surface area contributed by atoms with Gasteiger partial charge in [0.1, 0.15) is 0 Å². The van der Waals surface area contributed by atoms with Gasteiger partial charge in [0.25, 0.3) is 5.91 Å². The molecule has 1 aliphatic carbocycles. The zero-order valence-electron chi connectivity index (χ0n) is 17.5. The van der Waals surface area contributed by atoms with Crippen molar-refractivity contribution < 1.29 is 14.3 Å². The molecule has 0 radical (unpaired) electrons. The van der Waals surface area contributed by atoms with E-state index in [9.17, 15) is 9.59 Å². The van der Waals surface area contributed by atoms with Crippen molar-refractivity contribution in [3.8, 4) is 0 Å². The second-order valence-corrected chi connectivity index (χ2v) is 8.61. The summed E-state index contributed by atoms with van der Waals surface area (Å²) in [7, 11) is 1.74. The minimum absolute atomic E-state index is 0.0499. The van der Waals surface area contributed by atoms with Gasteiger partial charge in [-0.25, -0.2) is 0 Å². The number of rotatable bonds is 5. The van der Waals surface area contributed by atoms with Crippen LogP contribution in [0, 0.1) is 0 Å². The monoisotopic (exact) mass is 399 g/mol. The van der Waals surface area contributed by atoms with Crippen molar-refractivity contribution in [3.05, 3.63) is 35.9 Å². The van der Waals surface area contributed by atoms with Crippen LogP contribution in [0.2, 0.25) is 0 Å². The van der Waals surface area contributed by atoms with Gasteiger partial charge in [0.05, 0.1) is 19.2 Å². The summed E-state index contributed by atoms with van der Waals surface area (Å²) in [6.45, 7) is 3.16. The smallest absolute Gasteiger partial charge is 0.253 e. The number of hydrogen-bond acceptors (Lipinski definition) is 4. The van der Waals surface area contributed by atoms with Gasteiger partial charge in [-0.2, -0.15) is 0 Å². The van der Waals surface area contributed by atoms with Crippen molar-refractivity contribution in [1.29, 1.82) is 0 Å². The molecule has 6 nitrogen and oxygen atoms in total. The minimum atomic E-state index is -0.561. The molecular formula is C23H33N3O3. The Morgan fingerprint density at radius 1 is 1.03 bits per heavy atom. The summed E-state index contributed by atoms with van der Waals surface area (Å²) in [5.74, 6) is -0.0405. The van der Waals surface area contributed by atoms with Crippen LogP contribution < -0.4 is 0 Å². The van der Waals surface area contributed by atoms with Crippen LogP contribution >= 0.6 is 0 Å². The van der Waals surface area contributed by atoms with Crippen molar-refractivity contribution >= 4 is 11.8 Å². The van der Waals surface area contributed by atoms with Gasteiger partial charge in [0.2, 0.25) is 5.91 Å². The molecule has 1 saturated carbocycles. The first-order valence-electron chi connectivity index (χ1n) is 11.1. The minimum Gasteiger partial charge on any atom is -0.365 e. The van der Waals surface area contributed by atoms with Gasteiger partial charge in [-0.05, 0) is 31.2 Å². The fraction of sp³-hybridized carbons (Fsp3) is 0.652. The Hall–Kier alpha value is -1.92. The third-order valence-electron chi connectivity index (χ3n) is 6.40. The molecule has 2 amide bonds. The van der Waals surface area contributed by atoms with Gasteiger partial charge in [-0.15, -0.1) is 0 Å². The lowest BCUT2D eigenvalue weighted by Gasteiger charge is -2.42. The van der Waals surface area contributed by atoms with Crippen molar-refractivity contribution in [2.75, 3.05) is 39.8 Å². The lowest BCUT2D eigenvalue weighted by Crippen LogP contribution is -2.54. The number of hydrogen-bond donors (Lipinski definition) is 0. The lowest BCUT2D eigenvalue weighted by molar-refractivity contribution is -0.158. The number of carbonyl (C=O) groups excluding carboxylic acids is 2. The summed E-state index contributed by atoms with van der Waals surface area (Å²) in [5.41, 5.74) is 1.12. The highest BCUT2D eigenvalue weighted by molar-refractivity contribution is 5.87. The molecule has 2 aliphatic heterocycles. The summed E-state index contributed by atoms with van der Waals surface area (Å²) < 4.78 is 6.03. The van der Waals surface area contributed by atoms with Crippen LogP contribution in [0.5, 0.6) is 0 Å². The fourth-order valence-electron chi connectivity index (χ4n) is 4.65. The van der Waals surface area contributed by atoms with Gasteiger partial charge < -0.3 is 14.5 Å². The van der Waals surface area contributed by atoms with Crippen molar-refractivity contribution in [2.24, 2.45) is 0 Å². The average Bonchev–Trinajstić information content (AvgIpc) is 3.60. The number of benzene rings is 1. The molecular weight excluding hydrogens is 366 g/mol. The van der Waals surface area contributed by atoms with E-state index in [1.165, 1.54) is 25.7 Å². The maximum absolute atomic E-state index is 13.4. The Kier molecular flexibility index (Phi) is 6.50. The van der Waals surface area contributed by atoms with Gasteiger partial charge >= 0.3 is 0 Å². The third kappa shape index (κ3) is 4.81. The summed E-state index contributed by atoms with van der Waals surface area (Å²) in [6.07, 6.45) is 6.30. The Morgan fingerprint density at radius 2 is 1.72 bits per heavy atom. The zero-order valence-corrected chi connectivity index (χ0v) is 17.5. The van der Waals surface area contributed by atoms with Crippen LogP contribution in [0.4, 0.5) is 0 Å². The van der Waals surface area contributed by atoms with Gasteiger partial charge in [-0.1, -0.05) is 43.2 Å². The summed E-state index contributed by atoms with van der Waals surface area (Å²) in [6, 6.07) is 10.7. The first-order chi connectivity index (χ1) is 14.1. The van der Waals surface area contributed by atoms with E-state index in [0.29, 0.717) is 12.6 Å². The first kappa shape index (κ1) is 20.4. The highest BCUT2D eigenvalue weighted by Gasteiger charge is 2.45. The van der Waals surface area contributed by atoms with E-state index in [-0.39, 0.29) is 24.4 Å². The zero-order chi connectivity index (χ0) is 20.2. The van der Waals surface area contributed by atoms with E-state index in [1.54, 1.807) is 11.9 Å². The Bertz CT molecular complexity index is 699. The molecule has 1 aromatic carbocycles. The number of nitrogens with zero attached hydrogens (tertiary/aromatic N) is 3. The third-order valence-corrected chi connectivity index (χ3v) is 6.40. The highest BCUT2D eigenvalue weighted by Crippen LogP contribution is 2.39. The second kappa shape index (κ2) is 9.26. The van der Waals surface area contributed by atoms with E-state index >= 15 is 0 Å². The summed E-state index contributed by atoms with van der Waals surface area (Å²) in [5, 5.41) is 0. The molecule has 0 bridgehead atoms. The normalized spacial score (nSPS) is 26.0. The number of likely N-dealkylation sites (N-methyl/N-ethyl adjacent to an activating group) is 1. The van der Waals surface area contributed by atoms with E-state index in [1.807, 2.05) is 23.1 Å². The standard InChI is InChI=1S/C23H33N3O3/c1-24(17-20(27)25-13-7-2-3-8-14-25)23(28)22-21(18-9-5-4-6-10-18)26(15-16-29-22)19-11-12-19/h4-6,9-10,19,21-22H,2-3,7-8,11-17H2,1H3/t21-,22+/m0/s1. The van der Waals surface area contributed by atoms with Gasteiger partial charge in [0, 0.05) is 32.7 Å². The molecule has 0 unspecified atom stereocenters. The van der Waals surface area contributed by atoms with Crippen molar-refractivity contribution in [1.82, 2.24) is 14.7 Å². The van der Waals surface area contributed by atoms with E-state index in [4.69, 9.17) is 4.74 Å². The largest absolute Gasteiger partial charge is 0.365 e.